The fourth-order valence-corrected chi connectivity index (χ4v) is 3.00. The number of carbonyl (C=O) groups is 2. The van der Waals surface area contributed by atoms with Crippen LogP contribution in [0.25, 0.3) is 6.08 Å². The minimum atomic E-state index is -0.324. The first-order valence-electron chi connectivity index (χ1n) is 9.43. The SMILES string of the molecule is CC(C)NC(=O)COc1ccc(/C=C(\C#N)C(=O)NC2CCCCC2)cc1. The van der Waals surface area contributed by atoms with Gasteiger partial charge in [-0.05, 0) is 50.5 Å². The topological polar surface area (TPSA) is 91.2 Å². The van der Waals surface area contributed by atoms with Crippen molar-refractivity contribution < 1.29 is 14.3 Å². The molecule has 144 valence electrons. The number of ether oxygens (including phenoxy) is 1. The van der Waals surface area contributed by atoms with Gasteiger partial charge in [-0.3, -0.25) is 9.59 Å². The van der Waals surface area contributed by atoms with Gasteiger partial charge in [0.15, 0.2) is 6.61 Å². The van der Waals surface area contributed by atoms with Gasteiger partial charge in [0.2, 0.25) is 0 Å². The van der Waals surface area contributed by atoms with Crippen molar-refractivity contribution in [2.24, 2.45) is 0 Å². The number of carbonyl (C=O) groups excluding carboxylic acids is 2. The Bertz CT molecular complexity index is 711. The molecule has 27 heavy (non-hydrogen) atoms. The third-order valence-electron chi connectivity index (χ3n) is 4.32. The van der Waals surface area contributed by atoms with Crippen LogP contribution in [0, 0.1) is 11.3 Å². The molecule has 1 aliphatic carbocycles. The Morgan fingerprint density at radius 1 is 1.22 bits per heavy atom. The van der Waals surface area contributed by atoms with E-state index in [1.54, 1.807) is 30.3 Å². The largest absolute Gasteiger partial charge is 0.484 e. The van der Waals surface area contributed by atoms with E-state index in [-0.39, 0.29) is 36.1 Å². The predicted octanol–water partition coefficient (Wildman–Crippen LogP) is 2.95. The molecule has 0 aromatic heterocycles. The van der Waals surface area contributed by atoms with Crippen molar-refractivity contribution in [3.05, 3.63) is 35.4 Å². The average molecular weight is 369 g/mol. The van der Waals surface area contributed by atoms with Crippen LogP contribution >= 0.6 is 0 Å². The minimum absolute atomic E-state index is 0.0550. The van der Waals surface area contributed by atoms with Crippen molar-refractivity contribution in [2.75, 3.05) is 6.61 Å². The highest BCUT2D eigenvalue weighted by Crippen LogP contribution is 2.18. The van der Waals surface area contributed by atoms with Crippen molar-refractivity contribution in [1.82, 2.24) is 10.6 Å². The molecule has 1 aromatic rings. The van der Waals surface area contributed by atoms with Gasteiger partial charge in [-0.2, -0.15) is 5.26 Å². The smallest absolute Gasteiger partial charge is 0.262 e. The number of nitrogens with one attached hydrogen (secondary N) is 2. The molecule has 6 heteroatoms. The zero-order chi connectivity index (χ0) is 19.6. The molecule has 1 saturated carbocycles. The lowest BCUT2D eigenvalue weighted by molar-refractivity contribution is -0.123. The second-order valence-electron chi connectivity index (χ2n) is 7.06. The van der Waals surface area contributed by atoms with Crippen LogP contribution in [0.1, 0.15) is 51.5 Å². The second kappa shape index (κ2) is 10.4. The molecule has 1 fully saturated rings. The highest BCUT2D eigenvalue weighted by Gasteiger charge is 2.18. The standard InChI is InChI=1S/C21H27N3O3/c1-15(2)23-20(25)14-27-19-10-8-16(9-11-19)12-17(13-22)21(26)24-18-6-4-3-5-7-18/h8-12,15,18H,3-7,14H2,1-2H3,(H,23,25)(H,24,26)/b17-12+. The fraction of sp³-hybridized carbons (Fsp3) is 0.476. The van der Waals surface area contributed by atoms with E-state index in [0.29, 0.717) is 5.75 Å². The average Bonchev–Trinajstić information content (AvgIpc) is 2.65. The van der Waals surface area contributed by atoms with Gasteiger partial charge in [0.25, 0.3) is 11.8 Å². The second-order valence-corrected chi connectivity index (χ2v) is 7.06. The number of rotatable bonds is 7. The summed E-state index contributed by atoms with van der Waals surface area (Å²) in [5.41, 5.74) is 0.815. The first-order valence-corrected chi connectivity index (χ1v) is 9.43. The molecule has 0 saturated heterocycles. The van der Waals surface area contributed by atoms with Crippen LogP contribution in [0.5, 0.6) is 5.75 Å². The van der Waals surface area contributed by atoms with E-state index in [9.17, 15) is 14.9 Å². The molecule has 0 heterocycles. The molecule has 6 nitrogen and oxygen atoms in total. The number of amides is 2. The molecular formula is C21H27N3O3. The Hall–Kier alpha value is -2.81. The monoisotopic (exact) mass is 369 g/mol. The summed E-state index contributed by atoms with van der Waals surface area (Å²) in [6.07, 6.45) is 6.95. The summed E-state index contributed by atoms with van der Waals surface area (Å²) < 4.78 is 5.43. The highest BCUT2D eigenvalue weighted by molar-refractivity contribution is 6.01. The summed E-state index contributed by atoms with van der Waals surface area (Å²) >= 11 is 0. The molecule has 0 radical (unpaired) electrons. The maximum Gasteiger partial charge on any atom is 0.262 e. The Morgan fingerprint density at radius 3 is 2.48 bits per heavy atom. The molecule has 0 bridgehead atoms. The minimum Gasteiger partial charge on any atom is -0.484 e. The summed E-state index contributed by atoms with van der Waals surface area (Å²) in [5.74, 6) is 0.0476. The van der Waals surface area contributed by atoms with Crippen LogP contribution in [0.15, 0.2) is 29.8 Å². The molecule has 0 aliphatic heterocycles. The summed E-state index contributed by atoms with van der Waals surface area (Å²) in [6, 6.07) is 9.13. The van der Waals surface area contributed by atoms with Gasteiger partial charge in [-0.1, -0.05) is 31.4 Å². The van der Waals surface area contributed by atoms with Crippen LogP contribution in [-0.2, 0) is 9.59 Å². The quantitative estimate of drug-likeness (QED) is 0.571. The van der Waals surface area contributed by atoms with Crippen LogP contribution in [0.3, 0.4) is 0 Å². The summed E-state index contributed by atoms with van der Waals surface area (Å²) in [4.78, 5) is 23.9. The Balaban J connectivity index is 1.92. The number of hydrogen-bond donors (Lipinski definition) is 2. The summed E-state index contributed by atoms with van der Waals surface area (Å²) in [6.45, 7) is 3.72. The summed E-state index contributed by atoms with van der Waals surface area (Å²) in [7, 11) is 0. The summed E-state index contributed by atoms with van der Waals surface area (Å²) in [5, 5.41) is 15.0. The van der Waals surface area contributed by atoms with Crippen molar-refractivity contribution in [3.63, 3.8) is 0 Å². The van der Waals surface area contributed by atoms with Gasteiger partial charge >= 0.3 is 0 Å². The van der Waals surface area contributed by atoms with E-state index in [1.807, 2.05) is 19.9 Å². The number of nitriles is 1. The Morgan fingerprint density at radius 2 is 1.89 bits per heavy atom. The zero-order valence-electron chi connectivity index (χ0n) is 16.0. The lowest BCUT2D eigenvalue weighted by atomic mass is 9.95. The fourth-order valence-electron chi connectivity index (χ4n) is 3.00. The number of benzene rings is 1. The van der Waals surface area contributed by atoms with Gasteiger partial charge in [-0.25, -0.2) is 0 Å². The maximum absolute atomic E-state index is 12.3. The molecule has 2 N–H and O–H groups in total. The molecule has 0 atom stereocenters. The number of hydrogen-bond acceptors (Lipinski definition) is 4. The van der Waals surface area contributed by atoms with Gasteiger partial charge in [0.1, 0.15) is 17.4 Å². The van der Waals surface area contributed by atoms with E-state index in [4.69, 9.17) is 4.74 Å². The lowest BCUT2D eigenvalue weighted by Gasteiger charge is -2.22. The van der Waals surface area contributed by atoms with Crippen LogP contribution in [0.2, 0.25) is 0 Å². The molecule has 0 spiro atoms. The van der Waals surface area contributed by atoms with Gasteiger partial charge in [0, 0.05) is 12.1 Å². The van der Waals surface area contributed by atoms with Crippen LogP contribution in [0.4, 0.5) is 0 Å². The van der Waals surface area contributed by atoms with Crippen molar-refractivity contribution in [3.8, 4) is 11.8 Å². The van der Waals surface area contributed by atoms with E-state index in [2.05, 4.69) is 10.6 Å². The first kappa shape index (κ1) is 20.5. The maximum atomic E-state index is 12.3. The van der Waals surface area contributed by atoms with Crippen LogP contribution in [-0.4, -0.2) is 30.5 Å². The number of nitrogens with zero attached hydrogens (tertiary/aromatic N) is 1. The Labute approximate surface area is 160 Å². The van der Waals surface area contributed by atoms with E-state index in [0.717, 1.165) is 31.2 Å². The van der Waals surface area contributed by atoms with E-state index < -0.39 is 0 Å². The molecule has 2 rings (SSSR count). The third kappa shape index (κ3) is 7.14. The Kier molecular flexibility index (Phi) is 7.87. The molecule has 0 unspecified atom stereocenters. The van der Waals surface area contributed by atoms with Gasteiger partial charge in [0.05, 0.1) is 0 Å². The van der Waals surface area contributed by atoms with Crippen LogP contribution < -0.4 is 15.4 Å². The molecule has 1 aromatic carbocycles. The highest BCUT2D eigenvalue weighted by atomic mass is 16.5. The molecule has 2 amide bonds. The third-order valence-corrected chi connectivity index (χ3v) is 4.32. The van der Waals surface area contributed by atoms with Crippen molar-refractivity contribution in [2.45, 2.75) is 58.0 Å². The zero-order valence-corrected chi connectivity index (χ0v) is 16.0. The molecular weight excluding hydrogens is 342 g/mol. The normalized spacial score (nSPS) is 15.1. The van der Waals surface area contributed by atoms with Crippen molar-refractivity contribution >= 4 is 17.9 Å². The van der Waals surface area contributed by atoms with Gasteiger partial charge in [-0.15, -0.1) is 0 Å². The first-order chi connectivity index (χ1) is 13.0. The van der Waals surface area contributed by atoms with Crippen molar-refractivity contribution in [1.29, 1.82) is 5.26 Å². The van der Waals surface area contributed by atoms with E-state index >= 15 is 0 Å². The van der Waals surface area contributed by atoms with E-state index in [1.165, 1.54) is 6.42 Å². The van der Waals surface area contributed by atoms with Gasteiger partial charge < -0.3 is 15.4 Å². The molecule has 1 aliphatic rings. The lowest BCUT2D eigenvalue weighted by Crippen LogP contribution is -2.36. The predicted molar refractivity (Wildman–Crippen MR) is 104 cm³/mol.